The summed E-state index contributed by atoms with van der Waals surface area (Å²) in [4.78, 5) is 0. The van der Waals surface area contributed by atoms with Crippen LogP contribution in [0, 0.1) is 0 Å². The number of hydrogen-bond acceptors (Lipinski definition) is 4. The SMILES string of the molecule is CCC1(CC)CC(NCCCCCCNC2CC(CC)(CC)NC(CC)(CC)C2)CC(CC)(CC)N1. The Morgan fingerprint density at radius 1 is 0.444 bits per heavy atom. The van der Waals surface area contributed by atoms with Gasteiger partial charge in [-0.3, -0.25) is 0 Å². The Kier molecular flexibility index (Phi) is 13.2. The first-order chi connectivity index (χ1) is 17.3. The van der Waals surface area contributed by atoms with Gasteiger partial charge in [0.2, 0.25) is 0 Å². The molecule has 2 fully saturated rings. The molecule has 4 nitrogen and oxygen atoms in total. The largest absolute Gasteiger partial charge is 0.314 e. The van der Waals surface area contributed by atoms with Gasteiger partial charge in [0, 0.05) is 34.2 Å². The first-order valence-electron chi connectivity index (χ1n) is 16.3. The molecule has 36 heavy (non-hydrogen) atoms. The normalized spacial score (nSPS) is 23.7. The highest BCUT2D eigenvalue weighted by molar-refractivity contribution is 5.06. The molecular formula is C32H66N4. The van der Waals surface area contributed by atoms with Crippen LogP contribution in [0.1, 0.15) is 158 Å². The zero-order valence-corrected chi connectivity index (χ0v) is 25.9. The summed E-state index contributed by atoms with van der Waals surface area (Å²) in [7, 11) is 0. The molecule has 0 aromatic heterocycles. The molecule has 0 saturated carbocycles. The van der Waals surface area contributed by atoms with Crippen LogP contribution in [0.15, 0.2) is 0 Å². The van der Waals surface area contributed by atoms with E-state index < -0.39 is 0 Å². The lowest BCUT2D eigenvalue weighted by Gasteiger charge is -2.52. The van der Waals surface area contributed by atoms with Gasteiger partial charge in [0.25, 0.3) is 0 Å². The Bertz CT molecular complexity index is 495. The fourth-order valence-electron chi connectivity index (χ4n) is 7.73. The van der Waals surface area contributed by atoms with Crippen LogP contribution in [0.5, 0.6) is 0 Å². The summed E-state index contributed by atoms with van der Waals surface area (Å²) in [6, 6.07) is 1.34. The summed E-state index contributed by atoms with van der Waals surface area (Å²) in [5, 5.41) is 16.3. The highest BCUT2D eigenvalue weighted by atomic mass is 15.1. The molecule has 0 unspecified atom stereocenters. The Morgan fingerprint density at radius 2 is 0.694 bits per heavy atom. The van der Waals surface area contributed by atoms with E-state index in [9.17, 15) is 0 Å². The maximum absolute atomic E-state index is 4.13. The maximum atomic E-state index is 4.13. The van der Waals surface area contributed by atoms with Gasteiger partial charge in [-0.05, 0) is 103 Å². The molecule has 0 amide bonds. The number of nitrogens with one attached hydrogen (secondary N) is 4. The fourth-order valence-corrected chi connectivity index (χ4v) is 7.73. The van der Waals surface area contributed by atoms with Crippen LogP contribution in [-0.2, 0) is 0 Å². The molecule has 2 rings (SSSR count). The van der Waals surface area contributed by atoms with Crippen molar-refractivity contribution in [2.45, 2.75) is 192 Å². The number of piperidine rings is 2. The van der Waals surface area contributed by atoms with Gasteiger partial charge >= 0.3 is 0 Å². The Hall–Kier alpha value is -0.160. The van der Waals surface area contributed by atoms with Crippen molar-refractivity contribution in [1.29, 1.82) is 0 Å². The molecule has 0 radical (unpaired) electrons. The molecule has 2 aliphatic rings. The van der Waals surface area contributed by atoms with Crippen LogP contribution in [0.25, 0.3) is 0 Å². The van der Waals surface area contributed by atoms with Crippen molar-refractivity contribution in [2.75, 3.05) is 13.1 Å². The number of rotatable bonds is 17. The van der Waals surface area contributed by atoms with E-state index in [1.54, 1.807) is 0 Å². The summed E-state index contributed by atoms with van der Waals surface area (Å²) in [6.45, 7) is 21.4. The van der Waals surface area contributed by atoms with E-state index in [0.717, 1.165) is 0 Å². The van der Waals surface area contributed by atoms with Gasteiger partial charge in [-0.1, -0.05) is 68.2 Å². The van der Waals surface area contributed by atoms with Crippen LogP contribution in [0.3, 0.4) is 0 Å². The number of unbranched alkanes of at least 4 members (excludes halogenated alkanes) is 3. The first kappa shape index (κ1) is 32.1. The summed E-state index contributed by atoms with van der Waals surface area (Å²) in [6.07, 6.45) is 20.4. The van der Waals surface area contributed by atoms with Gasteiger partial charge < -0.3 is 21.3 Å². The third kappa shape index (κ3) is 8.17. The van der Waals surface area contributed by atoms with Gasteiger partial charge in [0.05, 0.1) is 0 Å². The predicted molar refractivity (Wildman–Crippen MR) is 160 cm³/mol. The molecule has 2 heterocycles. The lowest BCUT2D eigenvalue weighted by atomic mass is 9.71. The molecule has 4 N–H and O–H groups in total. The second-order valence-electron chi connectivity index (χ2n) is 12.7. The zero-order valence-electron chi connectivity index (χ0n) is 25.9. The minimum Gasteiger partial charge on any atom is -0.314 e. The van der Waals surface area contributed by atoms with Crippen LogP contribution >= 0.6 is 0 Å². The molecule has 0 spiro atoms. The molecule has 0 atom stereocenters. The second kappa shape index (κ2) is 14.8. The standard InChI is InChI=1S/C32H66N4/c1-9-29(10-2)23-27(24-30(11-3,12-4)35-29)33-21-19-17-18-20-22-34-28-25-31(13-5,14-6)36-32(15-7,16-8)26-28/h27-28,33-36H,9-26H2,1-8H3. The average molecular weight is 507 g/mol. The molecular weight excluding hydrogens is 440 g/mol. The maximum Gasteiger partial charge on any atom is 0.0196 e. The van der Waals surface area contributed by atoms with Crippen LogP contribution in [0.2, 0.25) is 0 Å². The van der Waals surface area contributed by atoms with Gasteiger partial charge in [-0.25, -0.2) is 0 Å². The topological polar surface area (TPSA) is 48.1 Å². The van der Waals surface area contributed by atoms with Crippen LogP contribution < -0.4 is 21.3 Å². The molecule has 0 aromatic rings. The monoisotopic (exact) mass is 507 g/mol. The second-order valence-corrected chi connectivity index (χ2v) is 12.7. The Morgan fingerprint density at radius 3 is 0.917 bits per heavy atom. The van der Waals surface area contributed by atoms with Gasteiger partial charge in [-0.2, -0.15) is 0 Å². The molecule has 0 aliphatic carbocycles. The summed E-state index contributed by atoms with van der Waals surface area (Å²) < 4.78 is 0. The van der Waals surface area contributed by atoms with E-state index in [2.05, 4.69) is 76.7 Å². The quantitative estimate of drug-likeness (QED) is 0.155. The minimum atomic E-state index is 0.322. The average Bonchev–Trinajstić information content (AvgIpc) is 2.93. The number of hydrogen-bond donors (Lipinski definition) is 4. The van der Waals surface area contributed by atoms with E-state index in [4.69, 9.17) is 0 Å². The van der Waals surface area contributed by atoms with Crippen molar-refractivity contribution in [1.82, 2.24) is 21.3 Å². The molecule has 0 bridgehead atoms. The predicted octanol–water partition coefficient (Wildman–Crippen LogP) is 7.47. The lowest BCUT2D eigenvalue weighted by molar-refractivity contribution is 0.0834. The Labute approximate surface area is 226 Å². The molecule has 4 heteroatoms. The zero-order chi connectivity index (χ0) is 26.7. The molecule has 214 valence electrons. The van der Waals surface area contributed by atoms with E-state index in [1.165, 1.54) is 116 Å². The van der Waals surface area contributed by atoms with E-state index in [1.807, 2.05) is 0 Å². The molecule has 0 aromatic carbocycles. The highest BCUT2D eigenvalue weighted by Gasteiger charge is 2.45. The van der Waals surface area contributed by atoms with Crippen molar-refractivity contribution >= 4 is 0 Å². The van der Waals surface area contributed by atoms with Gasteiger partial charge in [0.1, 0.15) is 0 Å². The third-order valence-corrected chi connectivity index (χ3v) is 11.0. The van der Waals surface area contributed by atoms with E-state index >= 15 is 0 Å². The van der Waals surface area contributed by atoms with Crippen molar-refractivity contribution in [3.05, 3.63) is 0 Å². The third-order valence-electron chi connectivity index (χ3n) is 11.0. The van der Waals surface area contributed by atoms with Crippen molar-refractivity contribution < 1.29 is 0 Å². The van der Waals surface area contributed by atoms with Crippen LogP contribution in [-0.4, -0.2) is 47.3 Å². The Balaban J connectivity index is 1.71. The summed E-state index contributed by atoms with van der Waals surface area (Å²) >= 11 is 0. The van der Waals surface area contributed by atoms with Crippen molar-refractivity contribution in [3.63, 3.8) is 0 Å². The van der Waals surface area contributed by atoms with Crippen molar-refractivity contribution in [3.8, 4) is 0 Å². The van der Waals surface area contributed by atoms with Crippen LogP contribution in [0.4, 0.5) is 0 Å². The molecule has 2 saturated heterocycles. The lowest BCUT2D eigenvalue weighted by Crippen LogP contribution is -2.65. The first-order valence-corrected chi connectivity index (χ1v) is 16.3. The van der Waals surface area contributed by atoms with Gasteiger partial charge in [-0.15, -0.1) is 0 Å². The highest BCUT2D eigenvalue weighted by Crippen LogP contribution is 2.38. The molecule has 2 aliphatic heterocycles. The summed E-state index contributed by atoms with van der Waals surface area (Å²) in [5.41, 5.74) is 1.29. The minimum absolute atomic E-state index is 0.322. The van der Waals surface area contributed by atoms with Gasteiger partial charge in [0.15, 0.2) is 0 Å². The van der Waals surface area contributed by atoms with E-state index in [0.29, 0.717) is 34.2 Å². The van der Waals surface area contributed by atoms with E-state index in [-0.39, 0.29) is 0 Å². The smallest absolute Gasteiger partial charge is 0.0196 e. The summed E-state index contributed by atoms with van der Waals surface area (Å²) in [5.74, 6) is 0. The fraction of sp³-hybridized carbons (Fsp3) is 1.00. The van der Waals surface area contributed by atoms with Crippen molar-refractivity contribution in [2.24, 2.45) is 0 Å².